The fraction of sp³-hybridized carbons (Fsp3) is 0.167. The lowest BCUT2D eigenvalue weighted by molar-refractivity contribution is 0.0672. The zero-order chi connectivity index (χ0) is 17.3. The first kappa shape index (κ1) is 16.1. The summed E-state index contributed by atoms with van der Waals surface area (Å²) in [5.41, 5.74) is 0.946. The predicted molar refractivity (Wildman–Crippen MR) is 92.2 cm³/mol. The molecule has 1 atom stereocenters. The minimum atomic E-state index is -0.393. The number of benzene rings is 1. The van der Waals surface area contributed by atoms with Crippen LogP contribution in [-0.2, 0) is 0 Å². The van der Waals surface area contributed by atoms with Gasteiger partial charge in [0.1, 0.15) is 0 Å². The number of imide groups is 1. The van der Waals surface area contributed by atoms with Crippen LogP contribution in [0.2, 0.25) is 0 Å². The molecule has 1 unspecified atom stereocenters. The maximum atomic E-state index is 12.4. The average molecular weight is 340 g/mol. The van der Waals surface area contributed by atoms with Crippen LogP contribution in [0.4, 0.5) is 0 Å². The summed E-state index contributed by atoms with van der Waals surface area (Å²) in [6, 6.07) is 8.33. The lowest BCUT2D eigenvalue weighted by Gasteiger charge is -2.12. The molecular formula is C18H16N2O3S. The molecule has 0 aliphatic carbocycles. The Morgan fingerprint density at radius 2 is 2.04 bits per heavy atom. The second-order valence-electron chi connectivity index (χ2n) is 5.48. The second kappa shape index (κ2) is 6.41. The molecular weight excluding hydrogens is 324 g/mol. The summed E-state index contributed by atoms with van der Waals surface area (Å²) in [6.07, 6.45) is 1.50. The zero-order valence-corrected chi connectivity index (χ0v) is 13.9. The molecule has 0 fully saturated rings. The van der Waals surface area contributed by atoms with E-state index in [-0.39, 0.29) is 30.0 Å². The molecule has 0 saturated heterocycles. The maximum absolute atomic E-state index is 12.4. The Kier molecular flexibility index (Phi) is 4.31. The van der Waals surface area contributed by atoms with Crippen LogP contribution in [0.25, 0.3) is 0 Å². The number of rotatable bonds is 5. The molecule has 6 heteroatoms. The third-order valence-electron chi connectivity index (χ3n) is 3.86. The van der Waals surface area contributed by atoms with E-state index in [1.54, 1.807) is 17.4 Å². The highest BCUT2D eigenvalue weighted by molar-refractivity contribution is 7.10. The Bertz CT molecular complexity index is 827. The monoisotopic (exact) mass is 340 g/mol. The Morgan fingerprint density at radius 1 is 1.29 bits per heavy atom. The predicted octanol–water partition coefficient (Wildman–Crippen LogP) is 3.02. The van der Waals surface area contributed by atoms with Gasteiger partial charge in [-0.15, -0.1) is 17.9 Å². The van der Waals surface area contributed by atoms with Crippen LogP contribution >= 0.6 is 11.3 Å². The molecule has 1 aliphatic rings. The molecule has 1 N–H and O–H groups in total. The van der Waals surface area contributed by atoms with E-state index in [9.17, 15) is 14.4 Å². The SMILES string of the molecule is C=CCN1C(=O)c2ccc(C(=O)NC(C)c3cccs3)cc2C1=O. The number of nitrogens with one attached hydrogen (secondary N) is 1. The van der Waals surface area contributed by atoms with E-state index in [0.717, 1.165) is 9.78 Å². The van der Waals surface area contributed by atoms with E-state index >= 15 is 0 Å². The number of nitrogens with zero attached hydrogens (tertiary/aromatic N) is 1. The van der Waals surface area contributed by atoms with Crippen LogP contribution in [-0.4, -0.2) is 29.2 Å². The fourth-order valence-corrected chi connectivity index (χ4v) is 3.35. The van der Waals surface area contributed by atoms with E-state index in [2.05, 4.69) is 11.9 Å². The largest absolute Gasteiger partial charge is 0.345 e. The summed E-state index contributed by atoms with van der Waals surface area (Å²) >= 11 is 1.57. The summed E-state index contributed by atoms with van der Waals surface area (Å²) < 4.78 is 0. The molecule has 2 aromatic rings. The Hall–Kier alpha value is -2.73. The van der Waals surface area contributed by atoms with E-state index in [0.29, 0.717) is 11.1 Å². The molecule has 5 nitrogen and oxygen atoms in total. The topological polar surface area (TPSA) is 66.5 Å². The van der Waals surface area contributed by atoms with E-state index in [1.165, 1.54) is 18.2 Å². The van der Waals surface area contributed by atoms with Gasteiger partial charge in [-0.25, -0.2) is 0 Å². The molecule has 122 valence electrons. The van der Waals surface area contributed by atoms with Gasteiger partial charge >= 0.3 is 0 Å². The summed E-state index contributed by atoms with van der Waals surface area (Å²) in [7, 11) is 0. The number of fused-ring (bicyclic) bond motifs is 1. The third kappa shape index (κ3) is 2.76. The van der Waals surface area contributed by atoms with E-state index in [1.807, 2.05) is 24.4 Å². The Labute approximate surface area is 143 Å². The molecule has 2 heterocycles. The number of hydrogen-bond donors (Lipinski definition) is 1. The van der Waals surface area contributed by atoms with Gasteiger partial charge in [0, 0.05) is 17.0 Å². The van der Waals surface area contributed by atoms with Crippen molar-refractivity contribution in [1.82, 2.24) is 10.2 Å². The van der Waals surface area contributed by atoms with Gasteiger partial charge in [-0.05, 0) is 36.6 Å². The zero-order valence-electron chi connectivity index (χ0n) is 13.1. The summed E-state index contributed by atoms with van der Waals surface area (Å²) in [5, 5.41) is 4.85. The molecule has 0 saturated carbocycles. The lowest BCUT2D eigenvalue weighted by Crippen LogP contribution is -2.29. The minimum absolute atomic E-state index is 0.125. The molecule has 3 rings (SSSR count). The van der Waals surface area contributed by atoms with Crippen molar-refractivity contribution in [3.63, 3.8) is 0 Å². The van der Waals surface area contributed by atoms with Crippen LogP contribution in [0.3, 0.4) is 0 Å². The van der Waals surface area contributed by atoms with Crippen LogP contribution in [0.5, 0.6) is 0 Å². The number of hydrogen-bond acceptors (Lipinski definition) is 4. The van der Waals surface area contributed by atoms with Gasteiger partial charge < -0.3 is 5.32 Å². The van der Waals surface area contributed by atoms with Crippen LogP contribution < -0.4 is 5.32 Å². The van der Waals surface area contributed by atoms with Crippen molar-refractivity contribution in [2.75, 3.05) is 6.54 Å². The van der Waals surface area contributed by atoms with Crippen LogP contribution in [0.1, 0.15) is 48.9 Å². The van der Waals surface area contributed by atoms with Gasteiger partial charge in [0.25, 0.3) is 17.7 Å². The Morgan fingerprint density at radius 3 is 2.71 bits per heavy atom. The van der Waals surface area contributed by atoms with Gasteiger partial charge in [0.2, 0.25) is 0 Å². The molecule has 1 aliphatic heterocycles. The minimum Gasteiger partial charge on any atom is -0.345 e. The molecule has 1 aromatic carbocycles. The average Bonchev–Trinajstić information content (AvgIpc) is 3.19. The highest BCUT2D eigenvalue weighted by atomic mass is 32.1. The van der Waals surface area contributed by atoms with Crippen molar-refractivity contribution in [2.45, 2.75) is 13.0 Å². The summed E-state index contributed by atoms with van der Waals surface area (Å²) in [6.45, 7) is 5.61. The fourth-order valence-electron chi connectivity index (χ4n) is 2.62. The van der Waals surface area contributed by atoms with Gasteiger partial charge in [0.05, 0.1) is 17.2 Å². The molecule has 3 amide bonds. The summed E-state index contributed by atoms with van der Waals surface area (Å²) in [5.74, 6) is -1.02. The first-order chi connectivity index (χ1) is 11.5. The van der Waals surface area contributed by atoms with Crippen molar-refractivity contribution >= 4 is 29.1 Å². The summed E-state index contributed by atoms with van der Waals surface area (Å²) in [4.78, 5) is 39.1. The van der Waals surface area contributed by atoms with Crippen molar-refractivity contribution < 1.29 is 14.4 Å². The first-order valence-electron chi connectivity index (χ1n) is 7.48. The highest BCUT2D eigenvalue weighted by Crippen LogP contribution is 2.24. The number of amides is 3. The Balaban J connectivity index is 1.82. The standard InChI is InChI=1S/C18H16N2O3S/c1-3-8-20-17(22)13-7-6-12(10-14(13)18(20)23)16(21)19-11(2)15-5-4-9-24-15/h3-7,9-11H,1,8H2,2H3,(H,19,21). The molecule has 0 radical (unpaired) electrons. The van der Waals surface area contributed by atoms with Crippen molar-refractivity contribution in [3.05, 3.63) is 69.9 Å². The van der Waals surface area contributed by atoms with E-state index < -0.39 is 5.91 Å². The molecule has 0 bridgehead atoms. The smallest absolute Gasteiger partial charge is 0.261 e. The normalized spacial score (nSPS) is 14.5. The first-order valence-corrected chi connectivity index (χ1v) is 8.36. The number of carbonyl (C=O) groups is 3. The van der Waals surface area contributed by atoms with Gasteiger partial charge in [-0.3, -0.25) is 19.3 Å². The number of carbonyl (C=O) groups excluding carboxylic acids is 3. The second-order valence-corrected chi connectivity index (χ2v) is 6.46. The van der Waals surface area contributed by atoms with Crippen molar-refractivity contribution in [2.24, 2.45) is 0 Å². The molecule has 24 heavy (non-hydrogen) atoms. The third-order valence-corrected chi connectivity index (χ3v) is 4.92. The lowest BCUT2D eigenvalue weighted by atomic mass is 10.0. The van der Waals surface area contributed by atoms with Gasteiger partial charge in [-0.1, -0.05) is 12.1 Å². The highest BCUT2D eigenvalue weighted by Gasteiger charge is 2.35. The van der Waals surface area contributed by atoms with Crippen molar-refractivity contribution in [1.29, 1.82) is 0 Å². The van der Waals surface area contributed by atoms with Crippen molar-refractivity contribution in [3.8, 4) is 0 Å². The molecule has 0 spiro atoms. The van der Waals surface area contributed by atoms with E-state index in [4.69, 9.17) is 0 Å². The molecule has 1 aromatic heterocycles. The van der Waals surface area contributed by atoms with Crippen LogP contribution in [0, 0.1) is 0 Å². The number of thiophene rings is 1. The van der Waals surface area contributed by atoms with Gasteiger partial charge in [0.15, 0.2) is 0 Å². The maximum Gasteiger partial charge on any atom is 0.261 e. The van der Waals surface area contributed by atoms with Crippen LogP contribution in [0.15, 0.2) is 48.4 Å². The van der Waals surface area contributed by atoms with Gasteiger partial charge in [-0.2, -0.15) is 0 Å². The quantitative estimate of drug-likeness (QED) is 0.672.